The van der Waals surface area contributed by atoms with Gasteiger partial charge in [-0.05, 0) is 37.1 Å². The number of amides is 2. The van der Waals surface area contributed by atoms with Crippen molar-refractivity contribution in [1.29, 1.82) is 0 Å². The van der Waals surface area contributed by atoms with Gasteiger partial charge in [-0.25, -0.2) is 0 Å². The van der Waals surface area contributed by atoms with Gasteiger partial charge >= 0.3 is 0 Å². The van der Waals surface area contributed by atoms with E-state index in [1.807, 2.05) is 18.2 Å². The van der Waals surface area contributed by atoms with Gasteiger partial charge in [0.1, 0.15) is 0 Å². The number of benzene rings is 1. The monoisotopic (exact) mass is 310 g/mol. The summed E-state index contributed by atoms with van der Waals surface area (Å²) in [6.07, 6.45) is 0.836. The molecule has 2 rings (SSSR count). The van der Waals surface area contributed by atoms with Crippen LogP contribution in [0.3, 0.4) is 0 Å². The molecule has 0 aromatic heterocycles. The Hall–Kier alpha value is -1.36. The van der Waals surface area contributed by atoms with Crippen LogP contribution in [0.4, 0.5) is 11.4 Å². The fourth-order valence-corrected chi connectivity index (χ4v) is 2.16. The van der Waals surface area contributed by atoms with Crippen LogP contribution >= 0.6 is 15.9 Å². The first-order chi connectivity index (χ1) is 8.49. The van der Waals surface area contributed by atoms with Gasteiger partial charge in [0.15, 0.2) is 0 Å². The summed E-state index contributed by atoms with van der Waals surface area (Å²) in [6.45, 7) is 4.06. The van der Waals surface area contributed by atoms with Crippen LogP contribution in [-0.4, -0.2) is 23.2 Å². The van der Waals surface area contributed by atoms with E-state index in [1.165, 1.54) is 0 Å². The summed E-state index contributed by atoms with van der Waals surface area (Å²) in [5.41, 5.74) is 2.83. The van der Waals surface area contributed by atoms with Crippen LogP contribution in [0.25, 0.3) is 0 Å². The highest BCUT2D eigenvalue weighted by molar-refractivity contribution is 9.10. The minimum atomic E-state index is -0.223. The number of nitrogens with one attached hydrogen (secondary N) is 1. The third-order valence-corrected chi connectivity index (χ3v) is 3.40. The van der Waals surface area contributed by atoms with Crippen molar-refractivity contribution >= 4 is 39.1 Å². The Bertz CT molecular complexity index is 500. The maximum Gasteiger partial charge on any atom is 0.237 e. The lowest BCUT2D eigenvalue weighted by atomic mass is 10.1. The third kappa shape index (κ3) is 2.56. The highest BCUT2D eigenvalue weighted by atomic mass is 79.9. The van der Waals surface area contributed by atoms with Gasteiger partial charge in [0.05, 0.1) is 4.83 Å². The molecule has 1 atom stereocenters. The highest BCUT2D eigenvalue weighted by Crippen LogP contribution is 2.30. The summed E-state index contributed by atoms with van der Waals surface area (Å²) >= 11 is 3.22. The fourth-order valence-electron chi connectivity index (χ4n) is 2.05. The molecule has 18 heavy (non-hydrogen) atoms. The van der Waals surface area contributed by atoms with E-state index < -0.39 is 0 Å². The van der Waals surface area contributed by atoms with Crippen LogP contribution in [0, 0.1) is 0 Å². The van der Waals surface area contributed by atoms with Crippen molar-refractivity contribution in [3.05, 3.63) is 23.8 Å². The Kier molecular flexibility index (Phi) is 3.71. The number of fused-ring (bicyclic) bond motifs is 1. The van der Waals surface area contributed by atoms with Gasteiger partial charge < -0.3 is 10.2 Å². The van der Waals surface area contributed by atoms with E-state index in [-0.39, 0.29) is 16.6 Å². The first kappa shape index (κ1) is 13.1. The van der Waals surface area contributed by atoms with Crippen LogP contribution in [-0.2, 0) is 16.0 Å². The smallest absolute Gasteiger partial charge is 0.237 e. The molecule has 0 radical (unpaired) electrons. The Morgan fingerprint density at radius 3 is 2.78 bits per heavy atom. The predicted molar refractivity (Wildman–Crippen MR) is 75.2 cm³/mol. The molecule has 1 heterocycles. The maximum absolute atomic E-state index is 11.6. The number of hydrogen-bond acceptors (Lipinski definition) is 2. The number of rotatable bonds is 2. The van der Waals surface area contributed by atoms with Gasteiger partial charge in [-0.15, -0.1) is 0 Å². The summed E-state index contributed by atoms with van der Waals surface area (Å²) in [4.78, 5) is 24.5. The molecule has 0 fully saturated rings. The maximum atomic E-state index is 11.6. The zero-order valence-electron chi connectivity index (χ0n) is 10.4. The fraction of sp³-hybridized carbons (Fsp3) is 0.385. The molecule has 1 aromatic rings. The molecule has 0 aliphatic carbocycles. The van der Waals surface area contributed by atoms with Crippen molar-refractivity contribution in [3.8, 4) is 0 Å². The lowest BCUT2D eigenvalue weighted by Crippen LogP contribution is -2.25. The number of alkyl halides is 1. The molecule has 1 aliphatic rings. The van der Waals surface area contributed by atoms with Crippen molar-refractivity contribution < 1.29 is 9.59 Å². The lowest BCUT2D eigenvalue weighted by Gasteiger charge is -2.15. The number of carbonyl (C=O) groups excluding carboxylic acids is 2. The number of nitrogens with zero attached hydrogens (tertiary/aromatic N) is 1. The second-order valence-electron chi connectivity index (χ2n) is 4.37. The molecule has 2 amide bonds. The van der Waals surface area contributed by atoms with Crippen LogP contribution in [0.2, 0.25) is 0 Å². The topological polar surface area (TPSA) is 49.4 Å². The molecule has 0 saturated carbocycles. The standard InChI is InChI=1S/C13H15BrN2O2/c1-8(14)13(18)15-11-3-4-12-10(7-11)5-6-16(12)9(2)17/h3-4,7-8H,5-6H2,1-2H3,(H,15,18). The summed E-state index contributed by atoms with van der Waals surface area (Å²) in [7, 11) is 0. The minimum absolute atomic E-state index is 0.0552. The second kappa shape index (κ2) is 5.10. The molecule has 4 nitrogen and oxygen atoms in total. The van der Waals surface area contributed by atoms with Gasteiger partial charge in [0.2, 0.25) is 11.8 Å². The Balaban J connectivity index is 2.20. The predicted octanol–water partition coefficient (Wildman–Crippen LogP) is 2.32. The SMILES string of the molecule is CC(=O)N1CCc2cc(NC(=O)C(C)Br)ccc21. The molecular weight excluding hydrogens is 296 g/mol. The van der Waals surface area contributed by atoms with E-state index in [0.717, 1.165) is 29.9 Å². The van der Waals surface area contributed by atoms with Crippen LogP contribution in [0.15, 0.2) is 18.2 Å². The van der Waals surface area contributed by atoms with Crippen LogP contribution in [0.5, 0.6) is 0 Å². The zero-order chi connectivity index (χ0) is 13.3. The molecule has 0 spiro atoms. The van der Waals surface area contributed by atoms with E-state index in [0.29, 0.717) is 0 Å². The van der Waals surface area contributed by atoms with E-state index in [4.69, 9.17) is 0 Å². The third-order valence-electron chi connectivity index (χ3n) is 2.98. The number of halogens is 1. The summed E-state index contributed by atoms with van der Waals surface area (Å²) in [6, 6.07) is 5.65. The van der Waals surface area contributed by atoms with Crippen molar-refractivity contribution in [3.63, 3.8) is 0 Å². The van der Waals surface area contributed by atoms with E-state index in [9.17, 15) is 9.59 Å². The molecule has 1 unspecified atom stereocenters. The molecule has 0 saturated heterocycles. The molecule has 1 aliphatic heterocycles. The van der Waals surface area contributed by atoms with Crippen LogP contribution in [0.1, 0.15) is 19.4 Å². The van der Waals surface area contributed by atoms with Gasteiger partial charge in [-0.2, -0.15) is 0 Å². The molecular formula is C13H15BrN2O2. The zero-order valence-corrected chi connectivity index (χ0v) is 12.0. The van der Waals surface area contributed by atoms with Gasteiger partial charge in [-0.3, -0.25) is 9.59 Å². The highest BCUT2D eigenvalue weighted by Gasteiger charge is 2.22. The van der Waals surface area contributed by atoms with Gasteiger partial charge in [0.25, 0.3) is 0 Å². The minimum Gasteiger partial charge on any atom is -0.325 e. The lowest BCUT2D eigenvalue weighted by molar-refractivity contribution is -0.116. The molecule has 96 valence electrons. The Morgan fingerprint density at radius 2 is 2.17 bits per heavy atom. The second-order valence-corrected chi connectivity index (χ2v) is 5.74. The quantitative estimate of drug-likeness (QED) is 0.852. The van der Waals surface area contributed by atoms with Crippen molar-refractivity contribution in [2.24, 2.45) is 0 Å². The van der Waals surface area contributed by atoms with Crippen molar-refractivity contribution in [1.82, 2.24) is 0 Å². The Morgan fingerprint density at radius 1 is 1.44 bits per heavy atom. The normalized spacial score (nSPS) is 15.2. The molecule has 5 heteroatoms. The molecule has 0 bridgehead atoms. The average molecular weight is 311 g/mol. The first-order valence-corrected chi connectivity index (χ1v) is 6.76. The number of hydrogen-bond donors (Lipinski definition) is 1. The van der Waals surface area contributed by atoms with Gasteiger partial charge in [0, 0.05) is 24.8 Å². The number of anilines is 2. The van der Waals surface area contributed by atoms with E-state index in [1.54, 1.807) is 18.7 Å². The van der Waals surface area contributed by atoms with Crippen LogP contribution < -0.4 is 10.2 Å². The van der Waals surface area contributed by atoms with Crippen molar-refractivity contribution in [2.75, 3.05) is 16.8 Å². The first-order valence-electron chi connectivity index (χ1n) is 5.85. The molecule has 1 aromatic carbocycles. The Labute approximate surface area is 114 Å². The number of carbonyl (C=O) groups is 2. The average Bonchev–Trinajstić information content (AvgIpc) is 2.71. The van der Waals surface area contributed by atoms with E-state index >= 15 is 0 Å². The van der Waals surface area contributed by atoms with Crippen molar-refractivity contribution in [2.45, 2.75) is 25.1 Å². The largest absolute Gasteiger partial charge is 0.325 e. The van der Waals surface area contributed by atoms with E-state index in [2.05, 4.69) is 21.2 Å². The molecule has 1 N–H and O–H groups in total. The van der Waals surface area contributed by atoms with Gasteiger partial charge in [-0.1, -0.05) is 15.9 Å². The summed E-state index contributed by atoms with van der Waals surface area (Å²) in [5, 5.41) is 2.83. The summed E-state index contributed by atoms with van der Waals surface area (Å²) in [5.74, 6) is -0.0176. The summed E-state index contributed by atoms with van der Waals surface area (Å²) < 4.78 is 0.